The number of quaternary nitrogens is 1. The molecule has 1 aliphatic carbocycles. The second-order valence-corrected chi connectivity index (χ2v) is 3.20. The first-order valence-electron chi connectivity index (χ1n) is 4.21. The van der Waals surface area contributed by atoms with E-state index in [0.717, 1.165) is 12.8 Å². The van der Waals surface area contributed by atoms with Crippen LogP contribution in [0.1, 0.15) is 19.3 Å². The van der Waals surface area contributed by atoms with Gasteiger partial charge in [0.05, 0.1) is 5.92 Å². The van der Waals surface area contributed by atoms with Crippen molar-refractivity contribution in [3.8, 4) is 0 Å². The Balaban J connectivity index is 2.63. The molecule has 4 heteroatoms. The Hall–Kier alpha value is -0.900. The Morgan fingerprint density at radius 1 is 1.33 bits per heavy atom. The average molecular weight is 172 g/mol. The number of carboxylic acid groups (broad SMARTS) is 1. The first-order valence-corrected chi connectivity index (χ1v) is 4.21. The molecule has 0 radical (unpaired) electrons. The van der Waals surface area contributed by atoms with E-state index in [-0.39, 0.29) is 18.2 Å². The highest BCUT2D eigenvalue weighted by Gasteiger charge is 2.37. The first kappa shape index (κ1) is 9.19. The van der Waals surface area contributed by atoms with Gasteiger partial charge in [-0.15, -0.1) is 0 Å². The van der Waals surface area contributed by atoms with E-state index < -0.39 is 11.9 Å². The fourth-order valence-corrected chi connectivity index (χ4v) is 1.83. The summed E-state index contributed by atoms with van der Waals surface area (Å²) < 4.78 is 0. The molecule has 0 unspecified atom stereocenters. The van der Waals surface area contributed by atoms with Gasteiger partial charge in [0.2, 0.25) is 0 Å². The molecule has 1 fully saturated rings. The van der Waals surface area contributed by atoms with E-state index in [1.807, 2.05) is 0 Å². The van der Waals surface area contributed by atoms with E-state index in [4.69, 9.17) is 5.11 Å². The second-order valence-electron chi connectivity index (χ2n) is 3.20. The van der Waals surface area contributed by atoms with Crippen LogP contribution in [0.25, 0.3) is 0 Å². The van der Waals surface area contributed by atoms with Crippen molar-refractivity contribution in [1.82, 2.24) is 0 Å². The molecule has 0 saturated heterocycles. The lowest BCUT2D eigenvalue weighted by molar-refractivity contribution is -0.355. The number of carbonyl (C=O) groups excluding carboxylic acids is 1. The number of hydrogen-bond acceptors (Lipinski definition) is 2. The maximum absolute atomic E-state index is 11.2. The van der Waals surface area contributed by atoms with E-state index in [1.165, 1.54) is 0 Å². The minimum Gasteiger partial charge on any atom is -0.481 e. The monoisotopic (exact) mass is 172 g/mol. The summed E-state index contributed by atoms with van der Waals surface area (Å²) in [5, 5.41) is 8.76. The van der Waals surface area contributed by atoms with Crippen LogP contribution in [0.2, 0.25) is 0 Å². The zero-order valence-electron chi connectivity index (χ0n) is 6.95. The normalized spacial score (nSPS) is 28.8. The van der Waals surface area contributed by atoms with Gasteiger partial charge < -0.3 is 10.8 Å². The number of Topliss-reactive ketones (excluding diaryl/α,β-unsaturated/α-hetero) is 1. The summed E-state index contributed by atoms with van der Waals surface area (Å²) in [6.45, 7) is 0.217. The third-order valence-corrected chi connectivity index (χ3v) is 2.49. The molecule has 0 bridgehead atoms. The molecule has 0 heterocycles. The van der Waals surface area contributed by atoms with Crippen molar-refractivity contribution in [3.05, 3.63) is 0 Å². The number of carboxylic acids is 1. The number of aliphatic carboxylic acids is 1. The fraction of sp³-hybridized carbons (Fsp3) is 0.750. The molecule has 1 rings (SSSR count). The number of rotatable bonds is 3. The van der Waals surface area contributed by atoms with Gasteiger partial charge in [-0.25, -0.2) is 0 Å². The fourth-order valence-electron chi connectivity index (χ4n) is 1.83. The number of ketones is 1. The summed E-state index contributed by atoms with van der Waals surface area (Å²) in [5.41, 5.74) is 3.48. The summed E-state index contributed by atoms with van der Waals surface area (Å²) in [7, 11) is 0. The zero-order chi connectivity index (χ0) is 9.14. The van der Waals surface area contributed by atoms with Crippen LogP contribution in [0.5, 0.6) is 0 Å². The van der Waals surface area contributed by atoms with E-state index >= 15 is 0 Å². The Bertz CT molecular complexity index is 202. The summed E-state index contributed by atoms with van der Waals surface area (Å²) in [6.07, 6.45) is 2.23. The van der Waals surface area contributed by atoms with Gasteiger partial charge in [0.15, 0.2) is 5.78 Å². The standard InChI is InChI=1S/C8H13NO3/c9-4-7(10)5-2-1-3-6(5)8(11)12/h5-6H,1-4,9H2,(H,11,12)/p+1/t5-,6-/m1/s1. The maximum Gasteiger partial charge on any atom is 0.307 e. The van der Waals surface area contributed by atoms with Crippen molar-refractivity contribution >= 4 is 11.8 Å². The first-order chi connectivity index (χ1) is 5.66. The van der Waals surface area contributed by atoms with Gasteiger partial charge >= 0.3 is 5.97 Å². The lowest BCUT2D eigenvalue weighted by Crippen LogP contribution is -2.56. The highest BCUT2D eigenvalue weighted by Crippen LogP contribution is 2.32. The molecule has 0 aliphatic heterocycles. The SMILES string of the molecule is [NH3+]CC(=O)[C@@H]1CCC[C@H]1C(=O)O. The Labute approximate surface area is 70.7 Å². The van der Waals surface area contributed by atoms with Crippen LogP contribution in [0.4, 0.5) is 0 Å². The smallest absolute Gasteiger partial charge is 0.307 e. The third-order valence-electron chi connectivity index (χ3n) is 2.49. The third kappa shape index (κ3) is 1.64. The summed E-state index contributed by atoms with van der Waals surface area (Å²) in [5.74, 6) is -1.54. The molecule has 0 spiro atoms. The van der Waals surface area contributed by atoms with Gasteiger partial charge in [-0.1, -0.05) is 6.42 Å². The van der Waals surface area contributed by atoms with E-state index in [2.05, 4.69) is 5.73 Å². The molecule has 68 valence electrons. The molecular weight excluding hydrogens is 158 g/mol. The molecule has 2 atom stereocenters. The van der Waals surface area contributed by atoms with Gasteiger partial charge in [-0.05, 0) is 12.8 Å². The molecular formula is C8H14NO3+. The zero-order valence-corrected chi connectivity index (χ0v) is 6.95. The Kier molecular flexibility index (Phi) is 2.81. The maximum atomic E-state index is 11.2. The predicted octanol–water partition coefficient (Wildman–Crippen LogP) is -0.702. The largest absolute Gasteiger partial charge is 0.481 e. The van der Waals surface area contributed by atoms with Crippen LogP contribution in [0.3, 0.4) is 0 Å². The van der Waals surface area contributed by atoms with Crippen molar-refractivity contribution < 1.29 is 20.4 Å². The Morgan fingerprint density at radius 2 is 1.92 bits per heavy atom. The van der Waals surface area contributed by atoms with Crippen LogP contribution < -0.4 is 5.73 Å². The Morgan fingerprint density at radius 3 is 2.42 bits per heavy atom. The van der Waals surface area contributed by atoms with Crippen molar-refractivity contribution in [3.63, 3.8) is 0 Å². The minimum atomic E-state index is -0.834. The van der Waals surface area contributed by atoms with Crippen LogP contribution >= 0.6 is 0 Å². The van der Waals surface area contributed by atoms with Gasteiger partial charge in [-0.2, -0.15) is 0 Å². The van der Waals surface area contributed by atoms with Gasteiger partial charge in [0.25, 0.3) is 0 Å². The molecule has 4 nitrogen and oxygen atoms in total. The van der Waals surface area contributed by atoms with E-state index in [9.17, 15) is 9.59 Å². The van der Waals surface area contributed by atoms with Gasteiger partial charge in [0, 0.05) is 5.92 Å². The average Bonchev–Trinajstić information content (AvgIpc) is 2.50. The molecule has 0 aromatic carbocycles. The van der Waals surface area contributed by atoms with E-state index in [0.29, 0.717) is 6.42 Å². The second kappa shape index (κ2) is 3.67. The molecule has 4 N–H and O–H groups in total. The van der Waals surface area contributed by atoms with Crippen molar-refractivity contribution in [2.45, 2.75) is 19.3 Å². The van der Waals surface area contributed by atoms with Crippen molar-refractivity contribution in [2.24, 2.45) is 11.8 Å². The van der Waals surface area contributed by atoms with Gasteiger partial charge in [-0.3, -0.25) is 9.59 Å². The number of hydrogen-bond donors (Lipinski definition) is 2. The van der Waals surface area contributed by atoms with Crippen LogP contribution in [0.15, 0.2) is 0 Å². The topological polar surface area (TPSA) is 82.0 Å². The molecule has 1 saturated carbocycles. The molecule has 0 amide bonds. The molecule has 0 aromatic heterocycles. The quantitative estimate of drug-likeness (QED) is 0.590. The highest BCUT2D eigenvalue weighted by atomic mass is 16.4. The summed E-state index contributed by atoms with van der Waals surface area (Å²) in [6, 6.07) is 0. The minimum absolute atomic E-state index is 0.0000926. The summed E-state index contributed by atoms with van der Waals surface area (Å²) >= 11 is 0. The predicted molar refractivity (Wildman–Crippen MR) is 41.2 cm³/mol. The van der Waals surface area contributed by atoms with Crippen molar-refractivity contribution in [2.75, 3.05) is 6.54 Å². The van der Waals surface area contributed by atoms with Crippen LogP contribution in [-0.4, -0.2) is 23.4 Å². The number of carbonyl (C=O) groups is 2. The van der Waals surface area contributed by atoms with Crippen LogP contribution in [-0.2, 0) is 9.59 Å². The summed E-state index contributed by atoms with van der Waals surface area (Å²) in [4.78, 5) is 21.9. The molecule has 12 heavy (non-hydrogen) atoms. The lowest BCUT2D eigenvalue weighted by Gasteiger charge is -2.11. The van der Waals surface area contributed by atoms with E-state index in [1.54, 1.807) is 0 Å². The van der Waals surface area contributed by atoms with Crippen molar-refractivity contribution in [1.29, 1.82) is 0 Å². The lowest BCUT2D eigenvalue weighted by atomic mass is 9.92. The highest BCUT2D eigenvalue weighted by molar-refractivity contribution is 5.87. The van der Waals surface area contributed by atoms with Gasteiger partial charge in [0.1, 0.15) is 6.54 Å². The molecule has 0 aromatic rings. The molecule has 1 aliphatic rings. The van der Waals surface area contributed by atoms with Crippen LogP contribution in [0, 0.1) is 11.8 Å².